The Morgan fingerprint density at radius 1 is 1.00 bits per heavy atom. The third kappa shape index (κ3) is 7.49. The van der Waals surface area contributed by atoms with Crippen molar-refractivity contribution in [2.45, 2.75) is 36.6 Å². The molecule has 0 aliphatic carbocycles. The van der Waals surface area contributed by atoms with Gasteiger partial charge in [0.2, 0.25) is 5.91 Å². The highest BCUT2D eigenvalue weighted by Gasteiger charge is 2.42. The second kappa shape index (κ2) is 13.6. The Balaban J connectivity index is 0.00000441. The molecule has 10 heteroatoms. The van der Waals surface area contributed by atoms with Crippen molar-refractivity contribution in [3.63, 3.8) is 0 Å². The van der Waals surface area contributed by atoms with Gasteiger partial charge in [0.25, 0.3) is 0 Å². The minimum atomic E-state index is -3.71. The van der Waals surface area contributed by atoms with Crippen LogP contribution < -0.4 is 5.73 Å². The van der Waals surface area contributed by atoms with E-state index in [0.717, 1.165) is 23.1 Å². The lowest BCUT2D eigenvalue weighted by molar-refractivity contribution is -0.144. The maximum Gasteiger partial charge on any atom is 0.306 e. The molecule has 3 aromatic carbocycles. The number of nitrogens with zero attached hydrogens (tertiary/aromatic N) is 1. The number of likely N-dealkylation sites (tertiary alicyclic amines) is 1. The molecule has 0 saturated carbocycles. The standard InChI is InChI=1S/C30H33N3O5S.ClH/c1-38-28(34)19-25-18-26(33(30(25)35)17-5-8-21-6-3-2-4-7-21)20-39(36,37)27-15-13-23(14-16-27)22-9-11-24(12-10-22)29(31)32;/h2-4,6-7,9-16,25-26H,5,8,17-20H2,1H3,(H3,31,32);1H/t25-,26-;/m0./s1. The summed E-state index contributed by atoms with van der Waals surface area (Å²) in [5.74, 6) is -1.49. The first kappa shape index (κ1) is 30.8. The minimum absolute atomic E-state index is 0. The van der Waals surface area contributed by atoms with Gasteiger partial charge in [0.15, 0.2) is 9.84 Å². The Morgan fingerprint density at radius 3 is 2.17 bits per heavy atom. The summed E-state index contributed by atoms with van der Waals surface area (Å²) in [4.78, 5) is 26.9. The predicted octanol–water partition coefficient (Wildman–Crippen LogP) is 4.25. The Labute approximate surface area is 241 Å². The van der Waals surface area contributed by atoms with Crippen molar-refractivity contribution in [3.8, 4) is 11.1 Å². The second-order valence-corrected chi connectivity index (χ2v) is 11.8. The average molecular weight is 584 g/mol. The maximum atomic E-state index is 13.4. The van der Waals surface area contributed by atoms with Crippen molar-refractivity contribution in [3.05, 3.63) is 90.0 Å². The summed E-state index contributed by atoms with van der Waals surface area (Å²) >= 11 is 0. The number of nitrogens with one attached hydrogen (secondary N) is 1. The number of amidine groups is 1. The van der Waals surface area contributed by atoms with Gasteiger partial charge < -0.3 is 15.4 Å². The van der Waals surface area contributed by atoms with E-state index in [1.54, 1.807) is 41.3 Å². The lowest BCUT2D eigenvalue weighted by Gasteiger charge is -2.25. The van der Waals surface area contributed by atoms with Gasteiger partial charge in [-0.25, -0.2) is 8.42 Å². The fourth-order valence-electron chi connectivity index (χ4n) is 5.02. The van der Waals surface area contributed by atoms with Crippen LogP contribution in [0.15, 0.2) is 83.8 Å². The third-order valence-corrected chi connectivity index (χ3v) is 8.95. The molecule has 1 heterocycles. The largest absolute Gasteiger partial charge is 0.469 e. The Kier molecular flexibility index (Phi) is 10.5. The number of amides is 1. The SMILES string of the molecule is COC(=O)C[C@@H]1C[C@@H](CS(=O)(=O)c2ccc(-c3ccc(C(=N)N)cc3)cc2)N(CCCc2ccccc2)C1=O.Cl. The van der Waals surface area contributed by atoms with Gasteiger partial charge in [0, 0.05) is 18.2 Å². The number of halogens is 1. The number of ether oxygens (including phenoxy) is 1. The molecule has 1 fully saturated rings. The van der Waals surface area contributed by atoms with Gasteiger partial charge in [-0.05, 0) is 48.1 Å². The molecule has 0 bridgehead atoms. The zero-order chi connectivity index (χ0) is 28.0. The van der Waals surface area contributed by atoms with Gasteiger partial charge in [-0.2, -0.15) is 0 Å². The van der Waals surface area contributed by atoms with E-state index in [1.807, 2.05) is 42.5 Å². The van der Waals surface area contributed by atoms with Crippen LogP contribution >= 0.6 is 12.4 Å². The van der Waals surface area contributed by atoms with Crippen LogP contribution in [0.1, 0.15) is 30.4 Å². The molecule has 3 N–H and O–H groups in total. The molecule has 8 nitrogen and oxygen atoms in total. The van der Waals surface area contributed by atoms with E-state index in [4.69, 9.17) is 15.9 Å². The molecule has 0 aromatic heterocycles. The number of sulfone groups is 1. The van der Waals surface area contributed by atoms with Crippen LogP contribution in [-0.4, -0.2) is 56.5 Å². The van der Waals surface area contributed by atoms with Crippen molar-refractivity contribution in [2.75, 3.05) is 19.4 Å². The molecule has 0 spiro atoms. The van der Waals surface area contributed by atoms with Crippen LogP contribution in [-0.2, 0) is 30.6 Å². The fraction of sp³-hybridized carbons (Fsp3) is 0.300. The van der Waals surface area contributed by atoms with Gasteiger partial charge in [-0.3, -0.25) is 15.0 Å². The molecule has 1 saturated heterocycles. The summed E-state index contributed by atoms with van der Waals surface area (Å²) in [5.41, 5.74) is 8.99. The van der Waals surface area contributed by atoms with E-state index >= 15 is 0 Å². The van der Waals surface area contributed by atoms with Gasteiger partial charge in [0.05, 0.1) is 30.1 Å². The molecule has 0 radical (unpaired) electrons. The molecular formula is C30H34ClN3O5S. The molecule has 1 amide bonds. The number of nitrogen functional groups attached to an aromatic ring is 1. The number of hydrogen-bond acceptors (Lipinski definition) is 6. The number of carbonyl (C=O) groups is 2. The first-order chi connectivity index (χ1) is 18.7. The van der Waals surface area contributed by atoms with E-state index in [9.17, 15) is 18.0 Å². The smallest absolute Gasteiger partial charge is 0.306 e. The summed E-state index contributed by atoms with van der Waals surface area (Å²) in [5, 5.41) is 7.52. The monoisotopic (exact) mass is 583 g/mol. The lowest BCUT2D eigenvalue weighted by Crippen LogP contribution is -2.39. The van der Waals surface area contributed by atoms with Crippen molar-refractivity contribution in [1.82, 2.24) is 4.90 Å². The number of aryl methyl sites for hydroxylation is 1. The Hall–Kier alpha value is -3.69. The minimum Gasteiger partial charge on any atom is -0.469 e. The quantitative estimate of drug-likeness (QED) is 0.197. The second-order valence-electron chi connectivity index (χ2n) is 9.78. The first-order valence-electron chi connectivity index (χ1n) is 12.9. The van der Waals surface area contributed by atoms with Gasteiger partial charge >= 0.3 is 5.97 Å². The molecule has 1 aliphatic heterocycles. The highest BCUT2D eigenvalue weighted by Crippen LogP contribution is 2.31. The lowest BCUT2D eigenvalue weighted by atomic mass is 10.0. The number of carbonyl (C=O) groups excluding carboxylic acids is 2. The highest BCUT2D eigenvalue weighted by atomic mass is 35.5. The molecule has 212 valence electrons. The van der Waals surface area contributed by atoms with E-state index in [0.29, 0.717) is 24.9 Å². The van der Waals surface area contributed by atoms with Crippen molar-refractivity contribution in [2.24, 2.45) is 11.7 Å². The highest BCUT2D eigenvalue weighted by molar-refractivity contribution is 7.91. The van der Waals surface area contributed by atoms with Crippen LogP contribution in [0.5, 0.6) is 0 Å². The zero-order valence-electron chi connectivity index (χ0n) is 22.3. The van der Waals surface area contributed by atoms with Gasteiger partial charge in [0.1, 0.15) is 5.84 Å². The normalized spacial score (nSPS) is 16.8. The summed E-state index contributed by atoms with van der Waals surface area (Å²) in [6.07, 6.45) is 1.69. The first-order valence-corrected chi connectivity index (χ1v) is 14.5. The number of benzene rings is 3. The Morgan fingerprint density at radius 2 is 1.60 bits per heavy atom. The number of hydrogen-bond donors (Lipinski definition) is 2. The molecule has 2 atom stereocenters. The average Bonchev–Trinajstić information content (AvgIpc) is 3.22. The van der Waals surface area contributed by atoms with Crippen molar-refractivity contribution < 1.29 is 22.7 Å². The molecular weight excluding hydrogens is 550 g/mol. The molecule has 1 aliphatic rings. The van der Waals surface area contributed by atoms with Crippen LogP contribution in [0.3, 0.4) is 0 Å². The number of methoxy groups -OCH3 is 1. The van der Waals surface area contributed by atoms with E-state index < -0.39 is 27.8 Å². The summed E-state index contributed by atoms with van der Waals surface area (Å²) in [6, 6.07) is 23.2. The van der Waals surface area contributed by atoms with Crippen LogP contribution in [0.4, 0.5) is 0 Å². The molecule has 0 unspecified atom stereocenters. The van der Waals surface area contributed by atoms with E-state index in [2.05, 4.69) is 0 Å². The van der Waals surface area contributed by atoms with Crippen molar-refractivity contribution in [1.29, 1.82) is 5.41 Å². The summed E-state index contributed by atoms with van der Waals surface area (Å²) in [7, 11) is -2.43. The Bertz CT molecular complexity index is 1430. The predicted molar refractivity (Wildman–Crippen MR) is 157 cm³/mol. The maximum absolute atomic E-state index is 13.4. The van der Waals surface area contributed by atoms with E-state index in [1.165, 1.54) is 7.11 Å². The van der Waals surface area contributed by atoms with Crippen LogP contribution in [0, 0.1) is 11.3 Å². The van der Waals surface area contributed by atoms with Gasteiger partial charge in [-0.1, -0.05) is 66.7 Å². The fourth-order valence-corrected chi connectivity index (χ4v) is 6.59. The summed E-state index contributed by atoms with van der Waals surface area (Å²) < 4.78 is 31.6. The third-order valence-electron chi connectivity index (χ3n) is 7.13. The summed E-state index contributed by atoms with van der Waals surface area (Å²) in [6.45, 7) is 0.417. The zero-order valence-corrected chi connectivity index (χ0v) is 23.9. The van der Waals surface area contributed by atoms with Gasteiger partial charge in [-0.15, -0.1) is 12.4 Å². The number of esters is 1. The van der Waals surface area contributed by atoms with Crippen molar-refractivity contribution >= 4 is 40.0 Å². The molecule has 4 rings (SSSR count). The molecule has 40 heavy (non-hydrogen) atoms. The topological polar surface area (TPSA) is 131 Å². The van der Waals surface area contributed by atoms with E-state index in [-0.39, 0.29) is 41.2 Å². The number of nitrogens with two attached hydrogens (primary N) is 1. The number of rotatable bonds is 11. The van der Waals surface area contributed by atoms with Crippen LogP contribution in [0.25, 0.3) is 11.1 Å². The molecule has 3 aromatic rings. The van der Waals surface area contributed by atoms with Crippen LogP contribution in [0.2, 0.25) is 0 Å².